The van der Waals surface area contributed by atoms with Crippen LogP contribution in [0.3, 0.4) is 0 Å². The normalized spacial score (nSPS) is 18.2. The average molecular weight is 329 g/mol. The van der Waals surface area contributed by atoms with Crippen LogP contribution in [0, 0.1) is 13.8 Å². The lowest BCUT2D eigenvalue weighted by Crippen LogP contribution is -2.20. The van der Waals surface area contributed by atoms with E-state index in [9.17, 15) is 0 Å². The lowest BCUT2D eigenvalue weighted by molar-refractivity contribution is 0.267. The van der Waals surface area contributed by atoms with Crippen LogP contribution in [-0.2, 0) is 13.1 Å². The SMILES string of the molecule is COc1ccccc1C1CCN(Cc2c(C)nn(CCO)c2C)C1. The molecule has 3 rings (SSSR count). The lowest BCUT2D eigenvalue weighted by Gasteiger charge is -2.18. The molecule has 2 heterocycles. The Balaban J connectivity index is 1.71. The van der Waals surface area contributed by atoms with E-state index in [1.54, 1.807) is 7.11 Å². The number of hydrogen-bond acceptors (Lipinski definition) is 4. The minimum Gasteiger partial charge on any atom is -0.496 e. The largest absolute Gasteiger partial charge is 0.496 e. The second kappa shape index (κ2) is 7.36. The number of nitrogens with zero attached hydrogens (tertiary/aromatic N) is 3. The molecule has 0 saturated carbocycles. The van der Waals surface area contributed by atoms with Crippen LogP contribution < -0.4 is 4.74 Å². The first kappa shape index (κ1) is 17.0. The van der Waals surface area contributed by atoms with Crippen molar-refractivity contribution in [3.63, 3.8) is 0 Å². The Hall–Kier alpha value is -1.85. The van der Waals surface area contributed by atoms with E-state index in [-0.39, 0.29) is 6.61 Å². The molecule has 0 radical (unpaired) electrons. The average Bonchev–Trinajstić information content (AvgIpc) is 3.16. The number of para-hydroxylation sites is 1. The molecule has 0 aliphatic carbocycles. The molecule has 1 N–H and O–H groups in total. The number of benzene rings is 1. The summed E-state index contributed by atoms with van der Waals surface area (Å²) in [5.74, 6) is 1.52. The smallest absolute Gasteiger partial charge is 0.122 e. The Kier molecular flexibility index (Phi) is 5.21. The summed E-state index contributed by atoms with van der Waals surface area (Å²) < 4.78 is 7.44. The van der Waals surface area contributed by atoms with Gasteiger partial charge in [-0.25, -0.2) is 0 Å². The monoisotopic (exact) mass is 329 g/mol. The van der Waals surface area contributed by atoms with Crippen molar-refractivity contribution in [1.29, 1.82) is 0 Å². The first-order chi connectivity index (χ1) is 11.6. The molecule has 1 saturated heterocycles. The van der Waals surface area contributed by atoms with E-state index in [4.69, 9.17) is 9.84 Å². The molecule has 1 aliphatic rings. The molecule has 0 amide bonds. The van der Waals surface area contributed by atoms with Crippen molar-refractivity contribution in [1.82, 2.24) is 14.7 Å². The molecule has 1 aromatic heterocycles. The molecule has 1 aliphatic heterocycles. The molecule has 2 aromatic rings. The number of aromatic nitrogens is 2. The van der Waals surface area contributed by atoms with Gasteiger partial charge < -0.3 is 9.84 Å². The van der Waals surface area contributed by atoms with Crippen molar-refractivity contribution < 1.29 is 9.84 Å². The van der Waals surface area contributed by atoms with Gasteiger partial charge in [0, 0.05) is 30.3 Å². The zero-order valence-electron chi connectivity index (χ0n) is 14.8. The fraction of sp³-hybridized carbons (Fsp3) is 0.526. The highest BCUT2D eigenvalue weighted by Gasteiger charge is 2.27. The van der Waals surface area contributed by atoms with Gasteiger partial charge in [0.05, 0.1) is 26.0 Å². The lowest BCUT2D eigenvalue weighted by atomic mass is 9.97. The van der Waals surface area contributed by atoms with Gasteiger partial charge in [0.1, 0.15) is 5.75 Å². The molecule has 1 atom stereocenters. The predicted octanol–water partition coefficient (Wildman–Crippen LogP) is 2.49. The Labute approximate surface area is 143 Å². The van der Waals surface area contributed by atoms with Crippen LogP contribution >= 0.6 is 0 Å². The zero-order chi connectivity index (χ0) is 17.1. The molecule has 5 nitrogen and oxygen atoms in total. The van der Waals surface area contributed by atoms with Gasteiger partial charge in [-0.2, -0.15) is 5.10 Å². The summed E-state index contributed by atoms with van der Waals surface area (Å²) in [6.07, 6.45) is 1.16. The topological polar surface area (TPSA) is 50.5 Å². The van der Waals surface area contributed by atoms with Gasteiger partial charge in [0.25, 0.3) is 0 Å². The Morgan fingerprint density at radius 3 is 2.83 bits per heavy atom. The zero-order valence-corrected chi connectivity index (χ0v) is 14.8. The maximum Gasteiger partial charge on any atom is 0.122 e. The molecule has 1 fully saturated rings. The number of aliphatic hydroxyl groups excluding tert-OH is 1. The fourth-order valence-electron chi connectivity index (χ4n) is 3.73. The first-order valence-electron chi connectivity index (χ1n) is 8.63. The summed E-state index contributed by atoms with van der Waals surface area (Å²) in [6.45, 7) is 7.91. The van der Waals surface area contributed by atoms with Crippen LogP contribution in [-0.4, -0.2) is 46.6 Å². The summed E-state index contributed by atoms with van der Waals surface area (Å²) in [5.41, 5.74) is 4.85. The van der Waals surface area contributed by atoms with Crippen molar-refractivity contribution in [3.05, 3.63) is 46.8 Å². The molecule has 5 heteroatoms. The Bertz CT molecular complexity index is 696. The molecule has 130 valence electrons. The van der Waals surface area contributed by atoms with Gasteiger partial charge in [0.15, 0.2) is 0 Å². The number of hydrogen-bond donors (Lipinski definition) is 1. The van der Waals surface area contributed by atoms with Crippen LogP contribution in [0.25, 0.3) is 0 Å². The second-order valence-corrected chi connectivity index (χ2v) is 6.56. The van der Waals surface area contributed by atoms with Crippen LogP contribution in [0.4, 0.5) is 0 Å². The van der Waals surface area contributed by atoms with Gasteiger partial charge in [-0.05, 0) is 38.4 Å². The third kappa shape index (κ3) is 3.32. The van der Waals surface area contributed by atoms with E-state index < -0.39 is 0 Å². The van der Waals surface area contributed by atoms with Crippen LogP contribution in [0.1, 0.15) is 34.9 Å². The molecule has 0 bridgehead atoms. The number of likely N-dealkylation sites (tertiary alicyclic amines) is 1. The maximum absolute atomic E-state index is 9.16. The number of methoxy groups -OCH3 is 1. The molecule has 24 heavy (non-hydrogen) atoms. The fourth-order valence-corrected chi connectivity index (χ4v) is 3.73. The predicted molar refractivity (Wildman–Crippen MR) is 94.4 cm³/mol. The number of aliphatic hydroxyl groups is 1. The van der Waals surface area contributed by atoms with Crippen LogP contribution in [0.15, 0.2) is 24.3 Å². The standard InChI is InChI=1S/C19H27N3O2/c1-14-18(15(2)22(20-14)10-11-23)13-21-9-8-16(12-21)17-6-4-5-7-19(17)24-3/h4-7,16,23H,8-13H2,1-3H3. The highest BCUT2D eigenvalue weighted by molar-refractivity contribution is 5.37. The molecule has 0 spiro atoms. The summed E-state index contributed by atoms with van der Waals surface area (Å²) in [5, 5.41) is 13.7. The van der Waals surface area contributed by atoms with Crippen molar-refractivity contribution in [2.75, 3.05) is 26.8 Å². The summed E-state index contributed by atoms with van der Waals surface area (Å²) in [4.78, 5) is 2.50. The van der Waals surface area contributed by atoms with E-state index in [2.05, 4.69) is 36.0 Å². The van der Waals surface area contributed by atoms with Crippen molar-refractivity contribution in [3.8, 4) is 5.75 Å². The highest BCUT2D eigenvalue weighted by atomic mass is 16.5. The van der Waals surface area contributed by atoms with Gasteiger partial charge in [-0.3, -0.25) is 9.58 Å². The van der Waals surface area contributed by atoms with Crippen molar-refractivity contribution >= 4 is 0 Å². The second-order valence-electron chi connectivity index (χ2n) is 6.56. The van der Waals surface area contributed by atoms with E-state index in [1.165, 1.54) is 16.8 Å². The minimum atomic E-state index is 0.126. The minimum absolute atomic E-state index is 0.126. The molecule has 1 unspecified atom stereocenters. The third-order valence-corrected chi connectivity index (χ3v) is 5.08. The Morgan fingerprint density at radius 2 is 2.08 bits per heavy atom. The molecule has 1 aromatic carbocycles. The van der Waals surface area contributed by atoms with Gasteiger partial charge in [-0.1, -0.05) is 18.2 Å². The quantitative estimate of drug-likeness (QED) is 0.885. The number of ether oxygens (including phenoxy) is 1. The molecular formula is C19H27N3O2. The third-order valence-electron chi connectivity index (χ3n) is 5.08. The van der Waals surface area contributed by atoms with E-state index in [0.717, 1.165) is 37.5 Å². The van der Waals surface area contributed by atoms with Crippen LogP contribution in [0.2, 0.25) is 0 Å². The van der Waals surface area contributed by atoms with Crippen LogP contribution in [0.5, 0.6) is 5.75 Å². The van der Waals surface area contributed by atoms with Gasteiger partial charge in [-0.15, -0.1) is 0 Å². The van der Waals surface area contributed by atoms with Crippen molar-refractivity contribution in [2.24, 2.45) is 0 Å². The van der Waals surface area contributed by atoms with Gasteiger partial charge in [0.2, 0.25) is 0 Å². The summed E-state index contributed by atoms with van der Waals surface area (Å²) >= 11 is 0. The van der Waals surface area contributed by atoms with Crippen molar-refractivity contribution in [2.45, 2.75) is 39.3 Å². The van der Waals surface area contributed by atoms with E-state index in [0.29, 0.717) is 12.5 Å². The number of aryl methyl sites for hydroxylation is 1. The van der Waals surface area contributed by atoms with E-state index in [1.807, 2.05) is 16.8 Å². The Morgan fingerprint density at radius 1 is 1.29 bits per heavy atom. The van der Waals surface area contributed by atoms with Gasteiger partial charge >= 0.3 is 0 Å². The maximum atomic E-state index is 9.16. The van der Waals surface area contributed by atoms with E-state index >= 15 is 0 Å². The summed E-state index contributed by atoms with van der Waals surface area (Å²) in [7, 11) is 1.74. The molecular weight excluding hydrogens is 302 g/mol. The first-order valence-corrected chi connectivity index (χ1v) is 8.63. The highest BCUT2D eigenvalue weighted by Crippen LogP contribution is 2.34. The summed E-state index contributed by atoms with van der Waals surface area (Å²) in [6, 6.07) is 8.35. The number of rotatable bonds is 6.